The van der Waals surface area contributed by atoms with Gasteiger partial charge in [0.25, 0.3) is 0 Å². The number of rotatable bonds is 9. The molecule has 0 aliphatic heterocycles. The maximum absolute atomic E-state index is 13.9. The van der Waals surface area contributed by atoms with E-state index >= 15 is 0 Å². The molecule has 2 amide bonds. The number of nitrogens with zero attached hydrogens (tertiary/aromatic N) is 2. The van der Waals surface area contributed by atoms with Crippen LogP contribution in [0.1, 0.15) is 75.1 Å². The number of anilines is 3. The highest BCUT2D eigenvalue weighted by atomic mass is 16.2. The Morgan fingerprint density at radius 2 is 1.29 bits per heavy atom. The number of carbonyl (C=O) groups is 1. The summed E-state index contributed by atoms with van der Waals surface area (Å²) in [5.74, 6) is 0.619. The molecule has 0 saturated carbocycles. The molecule has 0 radical (unpaired) electrons. The molecule has 0 fully saturated rings. The van der Waals surface area contributed by atoms with Gasteiger partial charge in [0.2, 0.25) is 0 Å². The minimum Gasteiger partial charge on any atom is -0.378 e. The fraction of sp³-hybridized carbons (Fsp3) is 0.387. The van der Waals surface area contributed by atoms with Crippen LogP contribution in [-0.4, -0.2) is 20.1 Å². The van der Waals surface area contributed by atoms with Crippen molar-refractivity contribution in [2.24, 2.45) is 0 Å². The van der Waals surface area contributed by atoms with E-state index in [0.717, 1.165) is 46.6 Å². The van der Waals surface area contributed by atoms with E-state index < -0.39 is 0 Å². The summed E-state index contributed by atoms with van der Waals surface area (Å²) in [7, 11) is 4.07. The Kier molecular flexibility index (Phi) is 8.97. The Labute approximate surface area is 212 Å². The second kappa shape index (κ2) is 11.9. The summed E-state index contributed by atoms with van der Waals surface area (Å²) in [6.07, 6.45) is 2.14. The van der Waals surface area contributed by atoms with Crippen LogP contribution in [-0.2, 0) is 13.0 Å². The summed E-state index contributed by atoms with van der Waals surface area (Å²) in [5.41, 5.74) is 7.69. The molecule has 0 aliphatic rings. The van der Waals surface area contributed by atoms with E-state index in [1.54, 1.807) is 0 Å². The maximum Gasteiger partial charge on any atom is 0.326 e. The van der Waals surface area contributed by atoms with E-state index in [0.29, 0.717) is 18.4 Å². The lowest BCUT2D eigenvalue weighted by molar-refractivity contribution is 0.256. The van der Waals surface area contributed by atoms with Crippen LogP contribution < -0.4 is 15.1 Å². The molecule has 3 rings (SSSR count). The van der Waals surface area contributed by atoms with Crippen LogP contribution in [0.15, 0.2) is 66.7 Å². The smallest absolute Gasteiger partial charge is 0.326 e. The van der Waals surface area contributed by atoms with Gasteiger partial charge in [-0.1, -0.05) is 83.5 Å². The molecule has 0 aromatic heterocycles. The highest BCUT2D eigenvalue weighted by Crippen LogP contribution is 2.33. The largest absolute Gasteiger partial charge is 0.378 e. The van der Waals surface area contributed by atoms with Crippen molar-refractivity contribution in [1.29, 1.82) is 0 Å². The van der Waals surface area contributed by atoms with Gasteiger partial charge in [-0.25, -0.2) is 4.79 Å². The molecule has 1 N–H and O–H groups in total. The van der Waals surface area contributed by atoms with E-state index in [4.69, 9.17) is 0 Å². The van der Waals surface area contributed by atoms with Gasteiger partial charge in [-0.3, -0.25) is 4.90 Å². The van der Waals surface area contributed by atoms with Crippen molar-refractivity contribution in [2.45, 2.75) is 65.8 Å². The van der Waals surface area contributed by atoms with Crippen molar-refractivity contribution in [3.05, 3.63) is 89.0 Å². The first kappa shape index (κ1) is 26.3. The monoisotopic (exact) mass is 471 g/mol. The number of benzene rings is 3. The molecule has 0 unspecified atom stereocenters. The van der Waals surface area contributed by atoms with Crippen molar-refractivity contribution >= 4 is 23.1 Å². The van der Waals surface area contributed by atoms with Crippen molar-refractivity contribution < 1.29 is 4.79 Å². The number of hydrogen-bond donors (Lipinski definition) is 1. The minimum atomic E-state index is -0.111. The molecule has 35 heavy (non-hydrogen) atoms. The Morgan fingerprint density at radius 1 is 0.771 bits per heavy atom. The summed E-state index contributed by atoms with van der Waals surface area (Å²) >= 11 is 0. The second-order valence-electron chi connectivity index (χ2n) is 10.1. The number of hydrogen-bond acceptors (Lipinski definition) is 2. The number of carbonyl (C=O) groups excluding carboxylic acids is 1. The zero-order valence-electron chi connectivity index (χ0n) is 22.4. The topological polar surface area (TPSA) is 35.6 Å². The van der Waals surface area contributed by atoms with Crippen LogP contribution in [0.4, 0.5) is 21.9 Å². The number of para-hydroxylation sites is 1. The Hall–Kier alpha value is -3.27. The number of amides is 2. The van der Waals surface area contributed by atoms with Gasteiger partial charge >= 0.3 is 6.03 Å². The van der Waals surface area contributed by atoms with Gasteiger partial charge in [-0.2, -0.15) is 0 Å². The van der Waals surface area contributed by atoms with E-state index in [1.807, 2.05) is 19.0 Å². The highest BCUT2D eigenvalue weighted by molar-refractivity contribution is 6.02. The maximum atomic E-state index is 13.9. The molecule has 0 bridgehead atoms. The third kappa shape index (κ3) is 6.66. The van der Waals surface area contributed by atoms with Crippen LogP contribution >= 0.6 is 0 Å². The molecule has 3 aromatic rings. The normalized spacial score (nSPS) is 11.1. The van der Waals surface area contributed by atoms with Crippen LogP contribution in [0.5, 0.6) is 0 Å². The molecular weight excluding hydrogens is 430 g/mol. The van der Waals surface area contributed by atoms with Gasteiger partial charge in [0.15, 0.2) is 0 Å². The van der Waals surface area contributed by atoms with Gasteiger partial charge in [0, 0.05) is 31.2 Å². The standard InChI is InChI=1S/C31H41N3O/c1-8-10-24-13-19-27(20-14-24)34(21-25-15-17-26(18-16-25)33(6)7)31(35)32-30-28(22(2)3)11-9-12-29(30)23(4)5/h9,11-20,22-23H,8,10,21H2,1-7H3,(H,32,35). The third-order valence-corrected chi connectivity index (χ3v) is 6.43. The Morgan fingerprint density at radius 3 is 1.77 bits per heavy atom. The predicted molar refractivity (Wildman–Crippen MR) is 151 cm³/mol. The number of aryl methyl sites for hydroxylation is 1. The molecular formula is C31H41N3O. The molecule has 0 spiro atoms. The summed E-state index contributed by atoms with van der Waals surface area (Å²) in [6, 6.07) is 23.0. The first-order valence-corrected chi connectivity index (χ1v) is 12.8. The van der Waals surface area contributed by atoms with Crippen molar-refractivity contribution in [1.82, 2.24) is 0 Å². The average molecular weight is 472 g/mol. The zero-order chi connectivity index (χ0) is 25.5. The van der Waals surface area contributed by atoms with Gasteiger partial charge in [-0.05, 0) is 64.8 Å². The molecule has 0 aliphatic carbocycles. The number of urea groups is 1. The van der Waals surface area contributed by atoms with E-state index in [2.05, 4.69) is 112 Å². The van der Waals surface area contributed by atoms with Crippen LogP contribution in [0.3, 0.4) is 0 Å². The molecule has 0 atom stereocenters. The summed E-state index contributed by atoms with van der Waals surface area (Å²) in [5, 5.41) is 3.31. The van der Waals surface area contributed by atoms with Crippen molar-refractivity contribution in [3.63, 3.8) is 0 Å². The van der Waals surface area contributed by atoms with E-state index in [1.165, 1.54) is 5.56 Å². The molecule has 0 heterocycles. The van der Waals surface area contributed by atoms with Crippen molar-refractivity contribution in [3.8, 4) is 0 Å². The summed E-state index contributed by atoms with van der Waals surface area (Å²) in [6.45, 7) is 11.4. The lowest BCUT2D eigenvalue weighted by Crippen LogP contribution is -2.35. The second-order valence-corrected chi connectivity index (χ2v) is 10.1. The molecule has 0 saturated heterocycles. The Bertz CT molecular complexity index is 1070. The van der Waals surface area contributed by atoms with E-state index in [-0.39, 0.29) is 6.03 Å². The minimum absolute atomic E-state index is 0.111. The Balaban J connectivity index is 1.98. The lowest BCUT2D eigenvalue weighted by Gasteiger charge is -2.27. The molecule has 186 valence electrons. The van der Waals surface area contributed by atoms with Gasteiger partial charge in [0.05, 0.1) is 6.54 Å². The first-order chi connectivity index (χ1) is 16.7. The summed E-state index contributed by atoms with van der Waals surface area (Å²) < 4.78 is 0. The molecule has 4 nitrogen and oxygen atoms in total. The SMILES string of the molecule is CCCc1ccc(N(Cc2ccc(N(C)C)cc2)C(=O)Nc2c(C(C)C)cccc2C(C)C)cc1. The average Bonchev–Trinajstić information content (AvgIpc) is 2.83. The molecule has 3 aromatic carbocycles. The highest BCUT2D eigenvalue weighted by Gasteiger charge is 2.21. The summed E-state index contributed by atoms with van der Waals surface area (Å²) in [4.78, 5) is 17.8. The number of nitrogens with one attached hydrogen (secondary N) is 1. The van der Waals surface area contributed by atoms with Crippen LogP contribution in [0.25, 0.3) is 0 Å². The quantitative estimate of drug-likeness (QED) is 0.341. The van der Waals surface area contributed by atoms with Gasteiger partial charge < -0.3 is 10.2 Å². The van der Waals surface area contributed by atoms with Crippen LogP contribution in [0.2, 0.25) is 0 Å². The fourth-order valence-electron chi connectivity index (χ4n) is 4.36. The lowest BCUT2D eigenvalue weighted by atomic mass is 9.93. The van der Waals surface area contributed by atoms with Gasteiger partial charge in [-0.15, -0.1) is 0 Å². The van der Waals surface area contributed by atoms with E-state index in [9.17, 15) is 4.79 Å². The predicted octanol–water partition coefficient (Wildman–Crippen LogP) is 8.19. The van der Waals surface area contributed by atoms with Crippen LogP contribution in [0, 0.1) is 0 Å². The first-order valence-electron chi connectivity index (χ1n) is 12.8. The zero-order valence-corrected chi connectivity index (χ0v) is 22.4. The third-order valence-electron chi connectivity index (χ3n) is 6.43. The fourth-order valence-corrected chi connectivity index (χ4v) is 4.36. The molecule has 4 heteroatoms. The van der Waals surface area contributed by atoms with Crippen molar-refractivity contribution in [2.75, 3.05) is 29.2 Å². The van der Waals surface area contributed by atoms with Gasteiger partial charge in [0.1, 0.15) is 0 Å².